The molecule has 0 aliphatic heterocycles. The molecule has 0 radical (unpaired) electrons. The van der Waals surface area contributed by atoms with E-state index in [1.54, 1.807) is 0 Å². The van der Waals surface area contributed by atoms with Gasteiger partial charge in [-0.3, -0.25) is 0 Å². The Labute approximate surface area is 100 Å². The largest absolute Gasteiger partial charge is 0.0919 e. The lowest BCUT2D eigenvalue weighted by Gasteiger charge is -1.79. The van der Waals surface area contributed by atoms with E-state index in [1.165, 1.54) is 19.3 Å². The maximum absolute atomic E-state index is 2.18. The molecule has 0 rings (SSSR count). The summed E-state index contributed by atoms with van der Waals surface area (Å²) in [6.07, 6.45) is 7.89. The fourth-order valence-corrected chi connectivity index (χ4v) is 0. The molecule has 0 fully saturated rings. The van der Waals surface area contributed by atoms with Gasteiger partial charge in [-0.1, -0.05) is 79.9 Å². The van der Waals surface area contributed by atoms with Crippen molar-refractivity contribution < 1.29 is 0 Å². The highest BCUT2D eigenvalue weighted by molar-refractivity contribution is 4.68. The molecular formula is C15H36. The molecule has 0 spiro atoms. The Morgan fingerprint density at radius 1 is 0.733 bits per heavy atom. The molecule has 0 aliphatic rings. The van der Waals surface area contributed by atoms with Crippen molar-refractivity contribution >= 4 is 0 Å². The van der Waals surface area contributed by atoms with Gasteiger partial charge in [-0.2, -0.15) is 0 Å². The van der Waals surface area contributed by atoms with Gasteiger partial charge in [0, 0.05) is 0 Å². The second-order valence-corrected chi connectivity index (χ2v) is 4.11. The molecular weight excluding hydrogens is 180 g/mol. The van der Waals surface area contributed by atoms with Crippen LogP contribution in [-0.2, 0) is 0 Å². The van der Waals surface area contributed by atoms with E-state index >= 15 is 0 Å². The zero-order chi connectivity index (χ0) is 13.1. The van der Waals surface area contributed by atoms with Crippen LogP contribution in [0.1, 0.15) is 81.6 Å². The highest BCUT2D eigenvalue weighted by atomic mass is 13.7. The average molecular weight is 216 g/mol. The van der Waals surface area contributed by atoms with Crippen LogP contribution < -0.4 is 0 Å². The van der Waals surface area contributed by atoms with Gasteiger partial charge in [-0.25, -0.2) is 0 Å². The van der Waals surface area contributed by atoms with Crippen LogP contribution >= 0.6 is 0 Å². The van der Waals surface area contributed by atoms with Crippen LogP contribution in [-0.4, -0.2) is 0 Å². The van der Waals surface area contributed by atoms with Crippen LogP contribution in [0.15, 0.2) is 12.2 Å². The van der Waals surface area contributed by atoms with E-state index in [0.29, 0.717) is 0 Å². The topological polar surface area (TPSA) is 0 Å². The van der Waals surface area contributed by atoms with Crippen molar-refractivity contribution in [1.82, 2.24) is 0 Å². The predicted molar refractivity (Wildman–Crippen MR) is 77.5 cm³/mol. The van der Waals surface area contributed by atoms with Gasteiger partial charge in [-0.15, -0.1) is 0 Å². The molecule has 0 N–H and O–H groups in total. The van der Waals surface area contributed by atoms with E-state index in [4.69, 9.17) is 0 Å². The van der Waals surface area contributed by atoms with Crippen LogP contribution in [0.3, 0.4) is 0 Å². The summed E-state index contributed by atoms with van der Waals surface area (Å²) in [7, 11) is 0. The van der Waals surface area contributed by atoms with Crippen LogP contribution in [0.25, 0.3) is 0 Å². The molecule has 0 bridgehead atoms. The smallest absolute Gasteiger partial charge is 0.0470 e. The van der Waals surface area contributed by atoms with Crippen molar-refractivity contribution in [2.45, 2.75) is 81.6 Å². The minimum atomic E-state index is 0.833. The van der Waals surface area contributed by atoms with Crippen molar-refractivity contribution in [3.63, 3.8) is 0 Å². The fourth-order valence-electron chi connectivity index (χ4n) is 0. The van der Waals surface area contributed by atoms with Crippen LogP contribution in [0.4, 0.5) is 0 Å². The summed E-state index contributed by atoms with van der Waals surface area (Å²) in [6.45, 7) is 19.1. The fraction of sp³-hybridized carbons (Fsp3) is 0.867. The molecule has 0 amide bonds. The first-order valence-corrected chi connectivity index (χ1v) is 6.55. The number of unbranched alkanes of at least 4 members (excludes halogenated alkanes) is 1. The summed E-state index contributed by atoms with van der Waals surface area (Å²) in [5.74, 6) is 0.833. The molecule has 0 aromatic carbocycles. The maximum atomic E-state index is 2.18. The van der Waals surface area contributed by atoms with E-state index in [-0.39, 0.29) is 0 Å². The molecule has 0 heteroatoms. The Balaban J connectivity index is -0.0000000542. The number of hydrogen-bond acceptors (Lipinski definition) is 0. The second kappa shape index (κ2) is 37.2. The average Bonchev–Trinajstić information content (AvgIpc) is 2.18. The predicted octanol–water partition coefficient (Wildman–Crippen LogP) is 6.47. The Morgan fingerprint density at radius 3 is 0.867 bits per heavy atom. The van der Waals surface area contributed by atoms with Gasteiger partial charge in [0.15, 0.2) is 0 Å². The van der Waals surface area contributed by atoms with Crippen molar-refractivity contribution in [3.05, 3.63) is 12.2 Å². The zero-order valence-corrected chi connectivity index (χ0v) is 12.9. The normalized spacial score (nSPS) is 8.13. The lowest BCUT2D eigenvalue weighted by molar-refractivity contribution is 0.737. The van der Waals surface area contributed by atoms with Crippen LogP contribution in [0.2, 0.25) is 0 Å². The summed E-state index contributed by atoms with van der Waals surface area (Å²) in [5, 5.41) is 0. The highest BCUT2D eigenvalue weighted by Crippen LogP contribution is 1.81. The second-order valence-electron chi connectivity index (χ2n) is 4.11. The molecule has 0 unspecified atom stereocenters. The summed E-state index contributed by atoms with van der Waals surface area (Å²) in [5.41, 5.74) is 0. The van der Waals surface area contributed by atoms with Gasteiger partial charge < -0.3 is 0 Å². The molecule has 0 heterocycles. The minimum absolute atomic E-state index is 0.833. The number of allylic oxidation sites excluding steroid dienone is 2. The molecule has 96 valence electrons. The lowest BCUT2D eigenvalue weighted by Crippen LogP contribution is -1.66. The van der Waals surface area contributed by atoms with Crippen molar-refractivity contribution in [2.24, 2.45) is 5.92 Å². The van der Waals surface area contributed by atoms with Crippen molar-refractivity contribution in [3.8, 4) is 0 Å². The van der Waals surface area contributed by atoms with E-state index < -0.39 is 0 Å². The summed E-state index contributed by atoms with van der Waals surface area (Å²) >= 11 is 0. The third-order valence-electron chi connectivity index (χ3n) is 0.833. The molecule has 15 heavy (non-hydrogen) atoms. The Bertz CT molecular complexity index is 61.4. The van der Waals surface area contributed by atoms with Gasteiger partial charge in [0.1, 0.15) is 0 Å². The highest BCUT2D eigenvalue weighted by Gasteiger charge is 1.68. The van der Waals surface area contributed by atoms with Gasteiger partial charge in [0.05, 0.1) is 0 Å². The van der Waals surface area contributed by atoms with Gasteiger partial charge >= 0.3 is 0 Å². The quantitative estimate of drug-likeness (QED) is 0.441. The maximum Gasteiger partial charge on any atom is -0.0470 e. The minimum Gasteiger partial charge on any atom is -0.0919 e. The van der Waals surface area contributed by atoms with Gasteiger partial charge in [0.2, 0.25) is 0 Å². The molecule has 0 aromatic heterocycles. The van der Waals surface area contributed by atoms with Gasteiger partial charge in [0.25, 0.3) is 0 Å². The Kier molecular flexibility index (Phi) is 59.9. The molecule has 0 saturated heterocycles. The monoisotopic (exact) mass is 216 g/mol. The third-order valence-corrected chi connectivity index (χ3v) is 0.833. The summed E-state index contributed by atoms with van der Waals surface area (Å²) in [4.78, 5) is 0. The molecule has 0 saturated carbocycles. The first-order chi connectivity index (χ1) is 6.97. The van der Waals surface area contributed by atoms with E-state index in [2.05, 4.69) is 48.5 Å². The molecule has 0 aromatic rings. The summed E-state index contributed by atoms with van der Waals surface area (Å²) < 4.78 is 0. The lowest BCUT2D eigenvalue weighted by atomic mass is 10.3. The molecule has 0 atom stereocenters. The Morgan fingerprint density at radius 2 is 0.867 bits per heavy atom. The van der Waals surface area contributed by atoms with E-state index in [0.717, 1.165) is 5.92 Å². The van der Waals surface area contributed by atoms with Crippen LogP contribution in [0, 0.1) is 5.92 Å². The van der Waals surface area contributed by atoms with Gasteiger partial charge in [-0.05, 0) is 19.8 Å². The van der Waals surface area contributed by atoms with Crippen molar-refractivity contribution in [2.75, 3.05) is 0 Å². The number of hydrogen-bond donors (Lipinski definition) is 0. The first kappa shape index (κ1) is 24.1. The first-order valence-electron chi connectivity index (χ1n) is 6.55. The third kappa shape index (κ3) is 625. The SMILES string of the molecule is C/C=C/C.CC(C)C.CCC.CCCC. The van der Waals surface area contributed by atoms with E-state index in [1.807, 2.05) is 26.0 Å². The van der Waals surface area contributed by atoms with E-state index in [9.17, 15) is 0 Å². The van der Waals surface area contributed by atoms with Crippen LogP contribution in [0.5, 0.6) is 0 Å². The molecule has 0 nitrogen and oxygen atoms in total. The Hall–Kier alpha value is -0.260. The number of rotatable bonds is 1. The zero-order valence-electron chi connectivity index (χ0n) is 12.9. The summed E-state index contributed by atoms with van der Waals surface area (Å²) in [6, 6.07) is 0. The van der Waals surface area contributed by atoms with Crippen molar-refractivity contribution in [1.29, 1.82) is 0 Å². The molecule has 0 aliphatic carbocycles. The standard InChI is InChI=1S/2C4H10.C4H8.C3H8/c1-4(2)3;2*1-3-4-2;1-3-2/h4H,1-3H3;3-4H2,1-2H3;3-4H,1-2H3;3H2,1-2H3/b;;4-3+;.